The van der Waals surface area contributed by atoms with Gasteiger partial charge in [0.15, 0.2) is 11.5 Å². The van der Waals surface area contributed by atoms with Crippen molar-refractivity contribution in [2.45, 2.75) is 103 Å². The number of fused-ring (bicyclic) bond motifs is 8. The number of amides is 4. The Morgan fingerprint density at radius 1 is 0.829 bits per heavy atom. The van der Waals surface area contributed by atoms with Crippen molar-refractivity contribution in [3.8, 4) is 17.2 Å². The zero-order valence-corrected chi connectivity index (χ0v) is 42.1. The molecule has 0 unspecified atom stereocenters. The molecule has 4 aliphatic heterocycles. The SMILES string of the molecule is CC=NNC(=O)CCSSC(C)(C)CCC(=O)Nc1cc(COc2cc3c(cc2C)C(=O)N2c4ccccc4C[C@H]2[C-]=[N+]3C)cc(COc2cc3c(cc2OC)C(=O)N2c4ccccc4C[C@H]2CC3)c1. The maximum atomic E-state index is 14.2. The summed E-state index contributed by atoms with van der Waals surface area (Å²) < 4.78 is 20.6. The molecule has 4 aliphatic rings. The number of benzene rings is 5. The van der Waals surface area contributed by atoms with E-state index in [1.54, 1.807) is 41.7 Å². The zero-order chi connectivity index (χ0) is 49.1. The fourth-order valence-electron chi connectivity index (χ4n) is 9.67. The lowest BCUT2D eigenvalue weighted by Crippen LogP contribution is -2.38. The Morgan fingerprint density at radius 3 is 2.24 bits per heavy atom. The minimum atomic E-state index is -0.229. The number of anilines is 3. The van der Waals surface area contributed by atoms with Gasteiger partial charge in [0.25, 0.3) is 5.91 Å². The first-order valence-corrected chi connectivity index (χ1v) is 26.0. The van der Waals surface area contributed by atoms with Gasteiger partial charge in [0.2, 0.25) is 17.7 Å². The van der Waals surface area contributed by atoms with Crippen LogP contribution in [0, 0.1) is 6.92 Å². The number of carbonyl (C=O) groups is 4. The third kappa shape index (κ3) is 10.5. The number of carbonyl (C=O) groups excluding carboxylic acids is 4. The van der Waals surface area contributed by atoms with E-state index in [4.69, 9.17) is 14.2 Å². The molecule has 4 heterocycles. The average molecular weight is 979 g/mol. The molecule has 13 nitrogen and oxygen atoms in total. The van der Waals surface area contributed by atoms with Crippen molar-refractivity contribution < 1.29 is 38.0 Å². The van der Waals surface area contributed by atoms with Gasteiger partial charge < -0.3 is 33.9 Å². The lowest BCUT2D eigenvalue weighted by Gasteiger charge is -2.23. The molecule has 0 aliphatic carbocycles. The molecule has 2 N–H and O–H groups in total. The second-order valence-electron chi connectivity index (χ2n) is 18.7. The number of para-hydroxylation sites is 2. The molecule has 362 valence electrons. The van der Waals surface area contributed by atoms with E-state index in [9.17, 15) is 19.2 Å². The molecule has 9 rings (SSSR count). The Labute approximate surface area is 417 Å². The topological polar surface area (TPSA) is 142 Å². The molecule has 0 fully saturated rings. The predicted octanol–water partition coefficient (Wildman–Crippen LogP) is 9.88. The molecule has 2 atom stereocenters. The van der Waals surface area contributed by atoms with Crippen molar-refractivity contribution in [2.75, 3.05) is 35.0 Å². The first-order valence-electron chi connectivity index (χ1n) is 23.7. The van der Waals surface area contributed by atoms with Gasteiger partial charge in [-0.05, 0) is 142 Å². The third-order valence-electron chi connectivity index (χ3n) is 13.2. The van der Waals surface area contributed by atoms with Crippen molar-refractivity contribution in [2.24, 2.45) is 5.10 Å². The second kappa shape index (κ2) is 20.8. The van der Waals surface area contributed by atoms with Crippen LogP contribution in [0.2, 0.25) is 0 Å². The molecule has 70 heavy (non-hydrogen) atoms. The van der Waals surface area contributed by atoms with Crippen LogP contribution in [-0.4, -0.2) is 77.4 Å². The van der Waals surface area contributed by atoms with Crippen LogP contribution in [0.5, 0.6) is 17.2 Å². The van der Waals surface area contributed by atoms with E-state index >= 15 is 0 Å². The maximum Gasteiger partial charge on any atom is 0.258 e. The first-order chi connectivity index (χ1) is 33.8. The van der Waals surface area contributed by atoms with Gasteiger partial charge in [0, 0.05) is 76.0 Å². The van der Waals surface area contributed by atoms with Gasteiger partial charge in [-0.2, -0.15) is 5.10 Å². The van der Waals surface area contributed by atoms with Gasteiger partial charge in [0.05, 0.1) is 12.8 Å². The zero-order valence-electron chi connectivity index (χ0n) is 40.4. The van der Waals surface area contributed by atoms with Crippen molar-refractivity contribution in [3.05, 3.63) is 136 Å². The lowest BCUT2D eigenvalue weighted by molar-refractivity contribution is -0.401. The Morgan fingerprint density at radius 2 is 1.51 bits per heavy atom. The van der Waals surface area contributed by atoms with Crippen LogP contribution in [0.4, 0.5) is 22.7 Å². The monoisotopic (exact) mass is 978 g/mol. The van der Waals surface area contributed by atoms with Gasteiger partial charge in [-0.25, -0.2) is 5.43 Å². The number of hydrogen-bond donors (Lipinski definition) is 2. The van der Waals surface area contributed by atoms with Crippen LogP contribution in [0.3, 0.4) is 0 Å². The molecule has 0 radical (unpaired) electrons. The van der Waals surface area contributed by atoms with Crippen molar-refractivity contribution in [1.29, 1.82) is 0 Å². The summed E-state index contributed by atoms with van der Waals surface area (Å²) in [5, 5.41) is 6.92. The number of nitrogens with zero attached hydrogens (tertiary/aromatic N) is 4. The van der Waals surface area contributed by atoms with E-state index < -0.39 is 0 Å². The quantitative estimate of drug-likeness (QED) is 0.0233. The Bertz CT molecular complexity index is 2930. The van der Waals surface area contributed by atoms with E-state index in [2.05, 4.69) is 48.0 Å². The predicted molar refractivity (Wildman–Crippen MR) is 279 cm³/mol. The fraction of sp³-hybridized carbons (Fsp3) is 0.345. The number of methoxy groups -OCH3 is 1. The molecule has 15 heteroatoms. The molecule has 0 bridgehead atoms. The third-order valence-corrected chi connectivity index (χ3v) is 16.5. The highest BCUT2D eigenvalue weighted by atomic mass is 33.1. The van der Waals surface area contributed by atoms with E-state index in [1.807, 2.05) is 101 Å². The van der Waals surface area contributed by atoms with Crippen molar-refractivity contribution in [3.63, 3.8) is 0 Å². The van der Waals surface area contributed by atoms with Crippen LogP contribution in [-0.2, 0) is 42.1 Å². The van der Waals surface area contributed by atoms with Crippen LogP contribution >= 0.6 is 21.6 Å². The molecular formula is C55H58N6O7S2. The summed E-state index contributed by atoms with van der Waals surface area (Å²) in [7, 11) is 6.76. The molecule has 5 aromatic carbocycles. The van der Waals surface area contributed by atoms with Crippen LogP contribution in [0.25, 0.3) is 0 Å². The fourth-order valence-corrected chi connectivity index (χ4v) is 12.2. The smallest absolute Gasteiger partial charge is 0.258 e. The van der Waals surface area contributed by atoms with Gasteiger partial charge >= 0.3 is 0 Å². The minimum absolute atomic E-state index is 0.0334. The standard InChI is InChI=1S/C55H58N6O7S2/c1-7-56-58-52(63)19-21-69-70-55(3,4)20-18-51(62)57-40-24-35(32-67-48-30-47-44(22-34(48)2)54(65)61-42(31-59(47)5)27-39-13-9-11-15-46(39)61)23-36(25-40)33-68-50-28-37-16-17-41-26-38-12-8-10-14-45(38)60(41)53(64)43(37)29-49(50)66-6/h7-15,22-25,28-30,41-42H,16-21,26-27,32-33H2,1-6H3,(H,57,62)(H,58,63)/t41-,42+/m1/s1. The number of nitrogens with one attached hydrogen (secondary N) is 2. The Hall–Kier alpha value is -6.58. The summed E-state index contributed by atoms with van der Waals surface area (Å²) in [4.78, 5) is 57.7. The number of ether oxygens (including phenoxy) is 3. The highest BCUT2D eigenvalue weighted by Crippen LogP contribution is 2.43. The van der Waals surface area contributed by atoms with Gasteiger partial charge in [-0.15, -0.1) is 0 Å². The van der Waals surface area contributed by atoms with Gasteiger partial charge in [0.1, 0.15) is 26.0 Å². The molecule has 0 spiro atoms. The summed E-state index contributed by atoms with van der Waals surface area (Å²) in [6, 6.07) is 29.4. The second-order valence-corrected chi connectivity index (χ2v) is 21.8. The number of hydrazone groups is 1. The maximum absolute atomic E-state index is 14.2. The molecular weight excluding hydrogens is 921 g/mol. The highest BCUT2D eigenvalue weighted by Gasteiger charge is 2.38. The van der Waals surface area contributed by atoms with E-state index in [-0.39, 0.29) is 60.1 Å². The Balaban J connectivity index is 0.931. The average Bonchev–Trinajstić information content (AvgIpc) is 3.85. The van der Waals surface area contributed by atoms with Crippen molar-refractivity contribution in [1.82, 2.24) is 5.43 Å². The van der Waals surface area contributed by atoms with Crippen molar-refractivity contribution >= 4 is 80.4 Å². The van der Waals surface area contributed by atoms with Crippen LogP contribution < -0.4 is 34.8 Å². The minimum Gasteiger partial charge on any atom is -0.493 e. The molecule has 0 aromatic heterocycles. The van der Waals surface area contributed by atoms with Crippen LogP contribution in [0.15, 0.2) is 96.1 Å². The number of rotatable bonds is 17. The summed E-state index contributed by atoms with van der Waals surface area (Å²) in [6.07, 6.45) is 9.37. The first kappa shape index (κ1) is 48.4. The molecule has 5 aromatic rings. The Kier molecular flexibility index (Phi) is 14.4. The highest BCUT2D eigenvalue weighted by molar-refractivity contribution is 8.77. The summed E-state index contributed by atoms with van der Waals surface area (Å²) >= 11 is 0. The van der Waals surface area contributed by atoms with Crippen LogP contribution in [0.1, 0.15) is 101 Å². The lowest BCUT2D eigenvalue weighted by atomic mass is 9.99. The van der Waals surface area contributed by atoms with E-state index in [1.165, 1.54) is 11.8 Å². The number of hydrogen-bond acceptors (Lipinski definition) is 10. The number of aryl methyl sites for hydroxylation is 2. The largest absolute Gasteiger partial charge is 0.493 e. The molecule has 0 saturated carbocycles. The summed E-state index contributed by atoms with van der Waals surface area (Å²) in [5.74, 6) is 1.85. The van der Waals surface area contributed by atoms with Gasteiger partial charge in [-0.3, -0.25) is 19.2 Å². The van der Waals surface area contributed by atoms with Gasteiger partial charge in [-0.1, -0.05) is 64.1 Å². The van der Waals surface area contributed by atoms with E-state index in [0.29, 0.717) is 71.2 Å². The summed E-state index contributed by atoms with van der Waals surface area (Å²) in [6.45, 7) is 8.18. The summed E-state index contributed by atoms with van der Waals surface area (Å²) in [5.41, 5.74) is 12.5. The van der Waals surface area contributed by atoms with E-state index in [0.717, 1.165) is 52.0 Å². The molecule has 0 saturated heterocycles. The molecule has 4 amide bonds. The normalized spacial score (nSPS) is 16.8.